The Balaban J connectivity index is 1.65. The van der Waals surface area contributed by atoms with Crippen LogP contribution in [-0.2, 0) is 0 Å². The molecule has 1 fully saturated rings. The number of amides is 1. The van der Waals surface area contributed by atoms with Crippen LogP contribution in [0.4, 0.5) is 0 Å². The Morgan fingerprint density at radius 1 is 1.53 bits per heavy atom. The predicted molar refractivity (Wildman–Crippen MR) is 76.8 cm³/mol. The zero-order valence-corrected chi connectivity index (χ0v) is 12.6. The van der Waals surface area contributed by atoms with Gasteiger partial charge in [-0.25, -0.2) is 0 Å². The molecule has 1 unspecified atom stereocenters. The minimum absolute atomic E-state index is 0.184. The van der Waals surface area contributed by atoms with Crippen LogP contribution in [-0.4, -0.2) is 46.7 Å². The highest BCUT2D eigenvalue weighted by Crippen LogP contribution is 2.16. The first-order chi connectivity index (χ1) is 9.16. The number of aromatic nitrogens is 2. The summed E-state index contributed by atoms with van der Waals surface area (Å²) in [4.78, 5) is 14.2. The molecule has 1 aliphatic rings. The van der Waals surface area contributed by atoms with E-state index < -0.39 is 0 Å². The number of nitrogens with one attached hydrogen (secondary N) is 1. The molecular weight excluding hydrogens is 284 g/mol. The molecule has 1 N–H and O–H groups in total. The van der Waals surface area contributed by atoms with E-state index in [9.17, 15) is 4.79 Å². The maximum Gasteiger partial charge on any atom is 0.282 e. The number of hydrogen-bond donors (Lipinski definition) is 1. The van der Waals surface area contributed by atoms with Crippen LogP contribution in [0.3, 0.4) is 0 Å². The fraction of sp³-hybridized carbons (Fsp3) is 0.750. The van der Waals surface area contributed by atoms with Crippen molar-refractivity contribution in [3.63, 3.8) is 0 Å². The molecule has 2 heterocycles. The second-order valence-electron chi connectivity index (χ2n) is 4.85. The van der Waals surface area contributed by atoms with E-state index in [1.54, 1.807) is 0 Å². The highest BCUT2D eigenvalue weighted by Gasteiger charge is 2.17. The maximum absolute atomic E-state index is 11.7. The van der Waals surface area contributed by atoms with Gasteiger partial charge in [-0.3, -0.25) is 4.79 Å². The van der Waals surface area contributed by atoms with Crippen LogP contribution in [0.5, 0.6) is 0 Å². The summed E-state index contributed by atoms with van der Waals surface area (Å²) in [6.07, 6.45) is 4.88. The molecule has 0 bridgehead atoms. The van der Waals surface area contributed by atoms with Gasteiger partial charge in [0.15, 0.2) is 0 Å². The molecule has 1 atom stereocenters. The molecule has 2 rings (SSSR count). The molecule has 106 valence electrons. The van der Waals surface area contributed by atoms with Crippen LogP contribution in [0, 0.1) is 0 Å². The minimum Gasteiger partial charge on any atom is -0.350 e. The standard InChI is InChI=1S/C12H19ClN4OS/c1-9-5-2-3-7-17(9)8-4-6-14-10(18)11-15-16-12(13)19-11/h9H,2-8H2,1H3,(H,14,18). The van der Waals surface area contributed by atoms with Crippen molar-refractivity contribution >= 4 is 28.8 Å². The number of likely N-dealkylation sites (tertiary alicyclic amines) is 1. The summed E-state index contributed by atoms with van der Waals surface area (Å²) in [7, 11) is 0. The number of hydrogen-bond acceptors (Lipinski definition) is 5. The molecule has 0 spiro atoms. The lowest BCUT2D eigenvalue weighted by molar-refractivity contribution is 0.0948. The van der Waals surface area contributed by atoms with E-state index in [0.717, 1.165) is 24.3 Å². The maximum atomic E-state index is 11.7. The molecule has 5 nitrogen and oxygen atoms in total. The first kappa shape index (κ1) is 14.7. The number of piperidine rings is 1. The van der Waals surface area contributed by atoms with Gasteiger partial charge in [-0.2, -0.15) is 0 Å². The monoisotopic (exact) mass is 302 g/mol. The minimum atomic E-state index is -0.184. The zero-order chi connectivity index (χ0) is 13.7. The summed E-state index contributed by atoms with van der Waals surface area (Å²) in [5, 5.41) is 10.5. The van der Waals surface area contributed by atoms with Gasteiger partial charge >= 0.3 is 0 Å². The number of carbonyl (C=O) groups excluding carboxylic acids is 1. The summed E-state index contributed by atoms with van der Waals surface area (Å²) in [6, 6.07) is 0.673. The van der Waals surface area contributed by atoms with Gasteiger partial charge < -0.3 is 10.2 Å². The highest BCUT2D eigenvalue weighted by molar-refractivity contribution is 7.17. The van der Waals surface area contributed by atoms with Crippen molar-refractivity contribution in [2.24, 2.45) is 0 Å². The molecule has 1 aliphatic heterocycles. The Morgan fingerprint density at radius 3 is 3.05 bits per heavy atom. The quantitative estimate of drug-likeness (QED) is 0.847. The number of halogens is 1. The molecule has 7 heteroatoms. The normalized spacial score (nSPS) is 20.4. The van der Waals surface area contributed by atoms with Gasteiger partial charge in [-0.15, -0.1) is 10.2 Å². The summed E-state index contributed by atoms with van der Waals surface area (Å²) in [6.45, 7) is 5.17. The van der Waals surface area contributed by atoms with E-state index in [2.05, 4.69) is 27.3 Å². The van der Waals surface area contributed by atoms with Crippen LogP contribution in [0.2, 0.25) is 4.47 Å². The first-order valence-corrected chi connectivity index (χ1v) is 7.87. The SMILES string of the molecule is CC1CCCCN1CCCNC(=O)c1nnc(Cl)s1. The zero-order valence-electron chi connectivity index (χ0n) is 11.1. The molecule has 1 amide bonds. The van der Waals surface area contributed by atoms with Gasteiger partial charge in [0.25, 0.3) is 5.91 Å². The Bertz CT molecular complexity index is 426. The highest BCUT2D eigenvalue weighted by atomic mass is 35.5. The third-order valence-electron chi connectivity index (χ3n) is 3.44. The molecular formula is C12H19ClN4OS. The van der Waals surface area contributed by atoms with Crippen LogP contribution in [0.15, 0.2) is 0 Å². The van der Waals surface area contributed by atoms with Gasteiger partial charge in [0.05, 0.1) is 0 Å². The van der Waals surface area contributed by atoms with E-state index >= 15 is 0 Å². The molecule has 1 aromatic heterocycles. The van der Waals surface area contributed by atoms with Crippen LogP contribution in [0.1, 0.15) is 42.4 Å². The van der Waals surface area contributed by atoms with Gasteiger partial charge in [0, 0.05) is 19.1 Å². The van der Waals surface area contributed by atoms with Crippen molar-refractivity contribution in [3.05, 3.63) is 9.47 Å². The average molecular weight is 303 g/mol. The third-order valence-corrected chi connectivity index (χ3v) is 4.46. The average Bonchev–Trinajstić information content (AvgIpc) is 2.83. The molecule has 19 heavy (non-hydrogen) atoms. The summed E-state index contributed by atoms with van der Waals surface area (Å²) in [5.74, 6) is -0.184. The second-order valence-corrected chi connectivity index (χ2v) is 6.41. The molecule has 0 radical (unpaired) electrons. The van der Waals surface area contributed by atoms with Crippen molar-refractivity contribution in [2.45, 2.75) is 38.6 Å². The number of rotatable bonds is 5. The Kier molecular flexibility index (Phi) is 5.54. The predicted octanol–water partition coefficient (Wildman–Crippen LogP) is 2.19. The van der Waals surface area contributed by atoms with Crippen molar-refractivity contribution in [1.29, 1.82) is 0 Å². The number of nitrogens with zero attached hydrogens (tertiary/aromatic N) is 3. The molecule has 0 aliphatic carbocycles. The molecule has 1 aromatic rings. The lowest BCUT2D eigenvalue weighted by atomic mass is 10.0. The summed E-state index contributed by atoms with van der Waals surface area (Å²) < 4.78 is 0.298. The van der Waals surface area contributed by atoms with E-state index in [1.807, 2.05) is 0 Å². The van der Waals surface area contributed by atoms with Crippen LogP contribution in [0.25, 0.3) is 0 Å². The first-order valence-electron chi connectivity index (χ1n) is 6.68. The lowest BCUT2D eigenvalue weighted by Crippen LogP contribution is -2.39. The fourth-order valence-electron chi connectivity index (χ4n) is 2.35. The molecule has 0 aromatic carbocycles. The largest absolute Gasteiger partial charge is 0.350 e. The van der Waals surface area contributed by atoms with Crippen molar-refractivity contribution < 1.29 is 4.79 Å². The molecule has 1 saturated heterocycles. The van der Waals surface area contributed by atoms with Gasteiger partial charge in [-0.05, 0) is 44.3 Å². The Hall–Kier alpha value is -0.720. The van der Waals surface area contributed by atoms with Crippen molar-refractivity contribution in [3.8, 4) is 0 Å². The fourth-order valence-corrected chi connectivity index (χ4v) is 3.09. The van der Waals surface area contributed by atoms with Crippen LogP contribution < -0.4 is 5.32 Å². The summed E-state index contributed by atoms with van der Waals surface area (Å²) >= 11 is 6.74. The second kappa shape index (κ2) is 7.17. The van der Waals surface area contributed by atoms with Crippen molar-refractivity contribution in [1.82, 2.24) is 20.4 Å². The smallest absolute Gasteiger partial charge is 0.282 e. The van der Waals surface area contributed by atoms with E-state index in [4.69, 9.17) is 11.6 Å². The Labute approximate surface area is 122 Å². The summed E-state index contributed by atoms with van der Waals surface area (Å²) in [5.41, 5.74) is 0. The lowest BCUT2D eigenvalue weighted by Gasteiger charge is -2.33. The van der Waals surface area contributed by atoms with Gasteiger partial charge in [0.1, 0.15) is 0 Å². The van der Waals surface area contributed by atoms with Crippen molar-refractivity contribution in [2.75, 3.05) is 19.6 Å². The topological polar surface area (TPSA) is 58.1 Å². The van der Waals surface area contributed by atoms with Gasteiger partial charge in [0.2, 0.25) is 9.47 Å². The van der Waals surface area contributed by atoms with Crippen LogP contribution >= 0.6 is 22.9 Å². The van der Waals surface area contributed by atoms with Gasteiger partial charge in [-0.1, -0.05) is 17.8 Å². The number of carbonyl (C=O) groups is 1. The van der Waals surface area contributed by atoms with E-state index in [1.165, 1.54) is 25.8 Å². The third kappa shape index (κ3) is 4.40. The Morgan fingerprint density at radius 2 is 2.37 bits per heavy atom. The van der Waals surface area contributed by atoms with E-state index in [-0.39, 0.29) is 5.91 Å². The van der Waals surface area contributed by atoms with E-state index in [0.29, 0.717) is 22.1 Å². The molecule has 0 saturated carbocycles.